The Morgan fingerprint density at radius 1 is 0.750 bits per heavy atom. The van der Waals surface area contributed by atoms with E-state index in [1.807, 2.05) is 0 Å². The number of unbranched alkanes of at least 4 members (excludes halogenated alkanes) is 5. The average Bonchev–Trinajstić information content (AvgIpc) is 2.62. The van der Waals surface area contributed by atoms with E-state index in [0.29, 0.717) is 18.4 Å². The summed E-state index contributed by atoms with van der Waals surface area (Å²) < 4.78 is 11.8. The highest BCUT2D eigenvalue weighted by Crippen LogP contribution is 2.28. The summed E-state index contributed by atoms with van der Waals surface area (Å²) in [4.78, 5) is 0. The Hall–Kier alpha value is -0.160. The molecule has 0 spiro atoms. The lowest BCUT2D eigenvalue weighted by atomic mass is 9.84. The van der Waals surface area contributed by atoms with Gasteiger partial charge in [0.1, 0.15) is 0 Å². The zero-order chi connectivity index (χ0) is 17.0. The van der Waals surface area contributed by atoms with Gasteiger partial charge in [-0.15, -0.1) is 0 Å². The van der Waals surface area contributed by atoms with E-state index in [4.69, 9.17) is 9.47 Å². The second-order valence-corrected chi connectivity index (χ2v) is 7.55. The lowest BCUT2D eigenvalue weighted by Crippen LogP contribution is -2.59. The highest BCUT2D eigenvalue weighted by atomic mass is 16.5. The highest BCUT2D eigenvalue weighted by Gasteiger charge is 2.30. The minimum Gasteiger partial charge on any atom is -0.379 e. The largest absolute Gasteiger partial charge is 0.379 e. The van der Waals surface area contributed by atoms with Crippen LogP contribution in [0.5, 0.6) is 0 Å². The van der Waals surface area contributed by atoms with Crippen LogP contribution in [0.3, 0.4) is 0 Å². The van der Waals surface area contributed by atoms with Gasteiger partial charge in [0.25, 0.3) is 0 Å². The minimum atomic E-state index is 0.344. The van der Waals surface area contributed by atoms with E-state index in [9.17, 15) is 0 Å². The third kappa shape index (κ3) is 7.38. The van der Waals surface area contributed by atoms with Crippen LogP contribution in [0.2, 0.25) is 0 Å². The molecule has 0 radical (unpaired) electrons. The van der Waals surface area contributed by atoms with Gasteiger partial charge in [0.15, 0.2) is 0 Å². The Kier molecular flexibility index (Phi) is 10.3. The molecule has 0 unspecified atom stereocenters. The Morgan fingerprint density at radius 3 is 2.08 bits per heavy atom. The summed E-state index contributed by atoms with van der Waals surface area (Å²) in [5.41, 5.74) is 0. The molecular weight excluding hydrogens is 300 g/mol. The predicted octanol–water partition coefficient (Wildman–Crippen LogP) is 3.85. The summed E-state index contributed by atoms with van der Waals surface area (Å²) in [6, 6.07) is 0. The summed E-state index contributed by atoms with van der Waals surface area (Å²) in [6.45, 7) is 8.14. The van der Waals surface area contributed by atoms with Crippen LogP contribution in [0.1, 0.15) is 78.1 Å². The first kappa shape index (κ1) is 20.2. The maximum absolute atomic E-state index is 6.03. The van der Waals surface area contributed by atoms with Crippen molar-refractivity contribution in [2.24, 2.45) is 5.92 Å². The highest BCUT2D eigenvalue weighted by molar-refractivity contribution is 4.86. The number of nitrogens with one attached hydrogen (secondary N) is 2. The minimum absolute atomic E-state index is 0.344. The topological polar surface area (TPSA) is 42.5 Å². The van der Waals surface area contributed by atoms with Crippen LogP contribution in [-0.4, -0.2) is 44.7 Å². The van der Waals surface area contributed by atoms with Crippen LogP contribution in [0.15, 0.2) is 0 Å². The molecule has 2 fully saturated rings. The van der Waals surface area contributed by atoms with Gasteiger partial charge in [-0.1, -0.05) is 39.0 Å². The quantitative estimate of drug-likeness (QED) is 0.561. The maximum atomic E-state index is 6.03. The number of rotatable bonds is 11. The molecule has 1 aliphatic heterocycles. The maximum Gasteiger partial charge on any atom is 0.0824 e. The predicted molar refractivity (Wildman–Crippen MR) is 100 cm³/mol. The van der Waals surface area contributed by atoms with Crippen molar-refractivity contribution in [1.82, 2.24) is 10.6 Å². The summed E-state index contributed by atoms with van der Waals surface area (Å²) in [7, 11) is 0. The summed E-state index contributed by atoms with van der Waals surface area (Å²) in [6.07, 6.45) is 14.3. The Bertz CT molecular complexity index is 298. The van der Waals surface area contributed by atoms with Crippen LogP contribution >= 0.6 is 0 Å². The summed E-state index contributed by atoms with van der Waals surface area (Å²) in [5, 5.41) is 7.36. The normalized spacial score (nSPS) is 31.2. The van der Waals surface area contributed by atoms with Crippen LogP contribution in [-0.2, 0) is 9.47 Å². The van der Waals surface area contributed by atoms with Crippen molar-refractivity contribution >= 4 is 0 Å². The molecule has 1 aliphatic carbocycles. The molecule has 0 aromatic rings. The fourth-order valence-corrected chi connectivity index (χ4v) is 4.07. The van der Waals surface area contributed by atoms with Crippen molar-refractivity contribution in [3.05, 3.63) is 0 Å². The first-order chi connectivity index (χ1) is 11.8. The van der Waals surface area contributed by atoms with E-state index >= 15 is 0 Å². The zero-order valence-corrected chi connectivity index (χ0v) is 16.0. The molecule has 2 N–H and O–H groups in total. The molecule has 1 saturated carbocycles. The molecule has 1 saturated heterocycles. The third-order valence-corrected chi connectivity index (χ3v) is 5.57. The summed E-state index contributed by atoms with van der Waals surface area (Å²) in [5.74, 6) is 0.751. The molecule has 2 aliphatic rings. The van der Waals surface area contributed by atoms with Gasteiger partial charge in [-0.2, -0.15) is 0 Å². The lowest BCUT2D eigenvalue weighted by Gasteiger charge is -2.39. The van der Waals surface area contributed by atoms with Gasteiger partial charge in [0.05, 0.1) is 18.4 Å². The molecule has 4 nitrogen and oxygen atoms in total. The second-order valence-electron chi connectivity index (χ2n) is 7.55. The van der Waals surface area contributed by atoms with E-state index in [0.717, 1.165) is 32.2 Å². The molecule has 2 rings (SSSR count). The first-order valence-electron chi connectivity index (χ1n) is 10.5. The van der Waals surface area contributed by atoms with Crippen LogP contribution in [0.4, 0.5) is 0 Å². The fourth-order valence-electron chi connectivity index (χ4n) is 4.07. The molecule has 1 heterocycles. The van der Waals surface area contributed by atoms with Gasteiger partial charge < -0.3 is 9.47 Å². The van der Waals surface area contributed by atoms with E-state index in [-0.39, 0.29) is 0 Å². The number of hydrogen-bond acceptors (Lipinski definition) is 4. The Balaban J connectivity index is 1.49. The van der Waals surface area contributed by atoms with Crippen molar-refractivity contribution in [3.8, 4) is 0 Å². The lowest BCUT2D eigenvalue weighted by molar-refractivity contribution is 0.00189. The smallest absolute Gasteiger partial charge is 0.0824 e. The van der Waals surface area contributed by atoms with Gasteiger partial charge in [-0.3, -0.25) is 10.6 Å². The number of hydrogen-bond donors (Lipinski definition) is 2. The van der Waals surface area contributed by atoms with Crippen LogP contribution in [0.25, 0.3) is 0 Å². The van der Waals surface area contributed by atoms with Gasteiger partial charge in [0.2, 0.25) is 0 Å². The molecule has 142 valence electrons. The van der Waals surface area contributed by atoms with Crippen LogP contribution < -0.4 is 10.6 Å². The molecule has 24 heavy (non-hydrogen) atoms. The Labute approximate surface area is 149 Å². The van der Waals surface area contributed by atoms with Gasteiger partial charge in [0, 0.05) is 26.3 Å². The van der Waals surface area contributed by atoms with Gasteiger partial charge >= 0.3 is 0 Å². The van der Waals surface area contributed by atoms with E-state index in [2.05, 4.69) is 24.5 Å². The monoisotopic (exact) mass is 340 g/mol. The SMILES string of the molecule is CCCCCCCCOC1CNC(C2CCC(OCC)CC2)NC1. The van der Waals surface area contributed by atoms with Gasteiger partial charge in [-0.25, -0.2) is 0 Å². The van der Waals surface area contributed by atoms with Crippen LogP contribution in [0, 0.1) is 5.92 Å². The van der Waals surface area contributed by atoms with Crippen molar-refractivity contribution in [2.45, 2.75) is 96.4 Å². The third-order valence-electron chi connectivity index (χ3n) is 5.57. The summed E-state index contributed by atoms with van der Waals surface area (Å²) >= 11 is 0. The molecule has 0 bridgehead atoms. The molecule has 0 atom stereocenters. The Morgan fingerprint density at radius 2 is 1.42 bits per heavy atom. The molecule has 0 amide bonds. The van der Waals surface area contributed by atoms with E-state index in [1.54, 1.807) is 0 Å². The first-order valence-corrected chi connectivity index (χ1v) is 10.5. The van der Waals surface area contributed by atoms with Crippen molar-refractivity contribution < 1.29 is 9.47 Å². The average molecular weight is 341 g/mol. The molecule has 0 aromatic heterocycles. The van der Waals surface area contributed by atoms with E-state index in [1.165, 1.54) is 64.2 Å². The molecule has 4 heteroatoms. The van der Waals surface area contributed by atoms with Crippen molar-refractivity contribution in [2.75, 3.05) is 26.3 Å². The molecule has 0 aromatic carbocycles. The van der Waals surface area contributed by atoms with Crippen molar-refractivity contribution in [1.29, 1.82) is 0 Å². The van der Waals surface area contributed by atoms with E-state index < -0.39 is 0 Å². The standard InChI is InChI=1S/C20H40N2O2/c1-3-5-6-7-8-9-14-24-19-15-21-20(22-16-19)17-10-12-18(13-11-17)23-4-2/h17-22H,3-16H2,1-2H3. The fraction of sp³-hybridized carbons (Fsp3) is 1.00. The molecular formula is C20H40N2O2. The number of ether oxygens (including phenoxy) is 2. The van der Waals surface area contributed by atoms with Crippen molar-refractivity contribution in [3.63, 3.8) is 0 Å². The second kappa shape index (κ2) is 12.2. The van der Waals surface area contributed by atoms with Gasteiger partial charge in [-0.05, 0) is 44.9 Å². The zero-order valence-electron chi connectivity index (χ0n) is 16.0.